The Balaban J connectivity index is 0.00000261. The second kappa shape index (κ2) is 8.81. The maximum atomic E-state index is 13.9. The van der Waals surface area contributed by atoms with Crippen molar-refractivity contribution in [1.82, 2.24) is 9.21 Å². The lowest BCUT2D eigenvalue weighted by atomic mass is 9.96. The third kappa shape index (κ3) is 4.59. The Labute approximate surface area is 164 Å². The summed E-state index contributed by atoms with van der Waals surface area (Å²) in [6, 6.07) is 2.38. The molecule has 0 aromatic heterocycles. The highest BCUT2D eigenvalue weighted by atomic mass is 35.5. The van der Waals surface area contributed by atoms with Gasteiger partial charge in [-0.2, -0.15) is 4.31 Å². The molecule has 1 amide bonds. The topological polar surface area (TPSA) is 83.7 Å². The van der Waals surface area contributed by atoms with Crippen LogP contribution < -0.4 is 5.73 Å². The summed E-state index contributed by atoms with van der Waals surface area (Å²) in [4.78, 5) is 13.7. The lowest BCUT2D eigenvalue weighted by Gasteiger charge is -2.32. The molecule has 2 fully saturated rings. The Morgan fingerprint density at radius 3 is 2.41 bits per heavy atom. The Hall–Kier alpha value is -1.29. The van der Waals surface area contributed by atoms with E-state index in [-0.39, 0.29) is 37.3 Å². The van der Waals surface area contributed by atoms with Crippen molar-refractivity contribution in [2.24, 2.45) is 17.6 Å². The van der Waals surface area contributed by atoms with Crippen molar-refractivity contribution in [3.05, 3.63) is 29.8 Å². The predicted molar refractivity (Wildman–Crippen MR) is 98.8 cm³/mol. The van der Waals surface area contributed by atoms with Gasteiger partial charge in [0.25, 0.3) is 0 Å². The molecule has 2 saturated heterocycles. The van der Waals surface area contributed by atoms with Gasteiger partial charge in [-0.3, -0.25) is 4.79 Å². The molecule has 152 valence electrons. The van der Waals surface area contributed by atoms with Crippen LogP contribution >= 0.6 is 12.4 Å². The van der Waals surface area contributed by atoms with Gasteiger partial charge in [-0.25, -0.2) is 17.2 Å². The second-order valence-electron chi connectivity index (χ2n) is 6.93. The molecule has 1 unspecified atom stereocenters. The molecule has 0 radical (unpaired) electrons. The average molecular weight is 424 g/mol. The van der Waals surface area contributed by atoms with Crippen molar-refractivity contribution in [2.75, 3.05) is 32.7 Å². The van der Waals surface area contributed by atoms with Crippen molar-refractivity contribution in [2.45, 2.75) is 24.2 Å². The fourth-order valence-corrected chi connectivity index (χ4v) is 5.19. The van der Waals surface area contributed by atoms with Crippen LogP contribution in [0.2, 0.25) is 0 Å². The molecule has 10 heteroatoms. The fourth-order valence-electron chi connectivity index (χ4n) is 3.64. The minimum Gasteiger partial charge on any atom is -0.342 e. The van der Waals surface area contributed by atoms with Crippen LogP contribution in [-0.4, -0.2) is 56.3 Å². The van der Waals surface area contributed by atoms with Crippen molar-refractivity contribution >= 4 is 28.3 Å². The zero-order chi connectivity index (χ0) is 18.9. The number of nitrogens with zero attached hydrogens (tertiary/aromatic N) is 2. The van der Waals surface area contributed by atoms with Crippen molar-refractivity contribution < 1.29 is 22.0 Å². The SMILES string of the molecule is Cl.NCC1CCN(C(=O)C2CCN(S(=O)(=O)c3cc(F)ccc3F)CC2)C1. The highest BCUT2D eigenvalue weighted by Gasteiger charge is 2.36. The molecule has 6 nitrogen and oxygen atoms in total. The Morgan fingerprint density at radius 2 is 1.81 bits per heavy atom. The van der Waals surface area contributed by atoms with Gasteiger partial charge in [0.2, 0.25) is 15.9 Å². The van der Waals surface area contributed by atoms with E-state index in [0.717, 1.165) is 22.9 Å². The summed E-state index contributed by atoms with van der Waals surface area (Å²) in [5, 5.41) is 0. The van der Waals surface area contributed by atoms with Crippen LogP contribution in [0, 0.1) is 23.5 Å². The van der Waals surface area contributed by atoms with Crippen molar-refractivity contribution in [1.29, 1.82) is 0 Å². The van der Waals surface area contributed by atoms with Crippen LogP contribution in [0.1, 0.15) is 19.3 Å². The van der Waals surface area contributed by atoms with Crippen LogP contribution in [0.15, 0.2) is 23.1 Å². The van der Waals surface area contributed by atoms with E-state index in [1.165, 1.54) is 0 Å². The van der Waals surface area contributed by atoms with E-state index >= 15 is 0 Å². The Morgan fingerprint density at radius 1 is 1.15 bits per heavy atom. The number of amides is 1. The summed E-state index contributed by atoms with van der Waals surface area (Å²) < 4.78 is 53.5. The lowest BCUT2D eigenvalue weighted by Crippen LogP contribution is -2.44. The third-order valence-electron chi connectivity index (χ3n) is 5.25. The predicted octanol–water partition coefficient (Wildman–Crippen LogP) is 1.59. The number of carbonyl (C=O) groups excluding carboxylic acids is 1. The van der Waals surface area contributed by atoms with E-state index in [1.807, 2.05) is 0 Å². The van der Waals surface area contributed by atoms with Gasteiger partial charge in [0.15, 0.2) is 0 Å². The number of benzene rings is 1. The van der Waals surface area contributed by atoms with Crippen molar-refractivity contribution in [3.8, 4) is 0 Å². The largest absolute Gasteiger partial charge is 0.342 e. The summed E-state index contributed by atoms with van der Waals surface area (Å²) in [5.41, 5.74) is 5.65. The quantitative estimate of drug-likeness (QED) is 0.797. The van der Waals surface area contributed by atoms with E-state index in [9.17, 15) is 22.0 Å². The third-order valence-corrected chi connectivity index (χ3v) is 7.16. The summed E-state index contributed by atoms with van der Waals surface area (Å²) in [6.07, 6.45) is 1.64. The maximum Gasteiger partial charge on any atom is 0.246 e. The minimum absolute atomic E-state index is 0. The Bertz CT molecular complexity index is 786. The molecular formula is C17H24ClF2N3O3S. The number of likely N-dealkylation sites (tertiary alicyclic amines) is 1. The standard InChI is InChI=1S/C17H23F2N3O3S.ClH/c18-14-1-2-15(19)16(9-14)26(24,25)22-7-4-13(5-8-22)17(23)21-6-3-12(10-20)11-21;/h1-2,9,12-13H,3-8,10-11,20H2;1H. The van der Waals surface area contributed by atoms with E-state index < -0.39 is 26.6 Å². The average Bonchev–Trinajstić information content (AvgIpc) is 3.12. The van der Waals surface area contributed by atoms with Gasteiger partial charge in [0.1, 0.15) is 16.5 Å². The fraction of sp³-hybridized carbons (Fsp3) is 0.588. The summed E-state index contributed by atoms with van der Waals surface area (Å²) in [6.45, 7) is 2.13. The first-order chi connectivity index (χ1) is 12.3. The summed E-state index contributed by atoms with van der Waals surface area (Å²) in [5.74, 6) is -1.66. The number of sulfonamides is 1. The normalized spacial score (nSPS) is 21.9. The van der Waals surface area contributed by atoms with Gasteiger partial charge in [-0.15, -0.1) is 12.4 Å². The van der Waals surface area contributed by atoms with Gasteiger partial charge < -0.3 is 10.6 Å². The first-order valence-electron chi connectivity index (χ1n) is 8.77. The van der Waals surface area contributed by atoms with Crippen LogP contribution in [0.4, 0.5) is 8.78 Å². The molecular weight excluding hydrogens is 400 g/mol. The number of halogens is 3. The monoisotopic (exact) mass is 423 g/mol. The van der Waals surface area contributed by atoms with Gasteiger partial charge >= 0.3 is 0 Å². The molecule has 2 N–H and O–H groups in total. The highest BCUT2D eigenvalue weighted by Crippen LogP contribution is 2.28. The lowest BCUT2D eigenvalue weighted by molar-refractivity contribution is -0.135. The van der Waals surface area contributed by atoms with E-state index in [1.54, 1.807) is 4.90 Å². The van der Waals surface area contributed by atoms with Crippen LogP contribution in [-0.2, 0) is 14.8 Å². The summed E-state index contributed by atoms with van der Waals surface area (Å²) in [7, 11) is -4.12. The second-order valence-corrected chi connectivity index (χ2v) is 8.83. The van der Waals surface area contributed by atoms with Gasteiger partial charge in [0, 0.05) is 32.1 Å². The Kier molecular flexibility index (Phi) is 7.18. The molecule has 0 spiro atoms. The molecule has 2 heterocycles. The number of rotatable bonds is 4. The van der Waals surface area contributed by atoms with Crippen LogP contribution in [0.3, 0.4) is 0 Å². The smallest absolute Gasteiger partial charge is 0.246 e. The van der Waals surface area contributed by atoms with Crippen molar-refractivity contribution in [3.63, 3.8) is 0 Å². The first kappa shape index (κ1) is 22.0. The number of piperidine rings is 1. The minimum atomic E-state index is -4.12. The summed E-state index contributed by atoms with van der Waals surface area (Å²) >= 11 is 0. The van der Waals surface area contributed by atoms with E-state index in [4.69, 9.17) is 5.73 Å². The van der Waals surface area contributed by atoms with E-state index in [2.05, 4.69) is 0 Å². The van der Waals surface area contributed by atoms with Crippen LogP contribution in [0.25, 0.3) is 0 Å². The van der Waals surface area contributed by atoms with Gasteiger partial charge in [-0.1, -0.05) is 0 Å². The number of nitrogens with two attached hydrogens (primary N) is 1. The molecule has 3 rings (SSSR count). The zero-order valence-electron chi connectivity index (χ0n) is 14.8. The molecule has 0 saturated carbocycles. The van der Waals surface area contributed by atoms with E-state index in [0.29, 0.717) is 44.5 Å². The first-order valence-corrected chi connectivity index (χ1v) is 10.2. The molecule has 0 aliphatic carbocycles. The zero-order valence-corrected chi connectivity index (χ0v) is 16.4. The number of hydrogen-bond acceptors (Lipinski definition) is 4. The number of hydrogen-bond donors (Lipinski definition) is 1. The van der Waals surface area contributed by atoms with Gasteiger partial charge in [0.05, 0.1) is 0 Å². The maximum absolute atomic E-state index is 13.9. The molecule has 2 aliphatic heterocycles. The van der Waals surface area contributed by atoms with Crippen LogP contribution in [0.5, 0.6) is 0 Å². The molecule has 0 bridgehead atoms. The molecule has 2 aliphatic rings. The van der Waals surface area contributed by atoms with Gasteiger partial charge in [-0.05, 0) is 49.9 Å². The molecule has 1 aromatic carbocycles. The molecule has 1 atom stereocenters. The molecule has 27 heavy (non-hydrogen) atoms. The highest BCUT2D eigenvalue weighted by molar-refractivity contribution is 7.89. The number of carbonyl (C=O) groups is 1. The molecule has 1 aromatic rings.